The van der Waals surface area contributed by atoms with Crippen molar-refractivity contribution < 1.29 is 18.8 Å². The lowest BCUT2D eigenvalue weighted by Crippen LogP contribution is -2.52. The van der Waals surface area contributed by atoms with Crippen molar-refractivity contribution in [3.63, 3.8) is 0 Å². The Kier molecular flexibility index (Phi) is 7.25. The number of hydrogen-bond donors (Lipinski definition) is 1. The van der Waals surface area contributed by atoms with E-state index >= 15 is 0 Å². The van der Waals surface area contributed by atoms with Gasteiger partial charge in [0.1, 0.15) is 17.6 Å². The van der Waals surface area contributed by atoms with E-state index in [1.165, 1.54) is 61.4 Å². The molecule has 3 amide bonds. The molecule has 2 fully saturated rings. The van der Waals surface area contributed by atoms with Crippen LogP contribution in [0.5, 0.6) is 0 Å². The molecule has 0 bridgehead atoms. The molecular weight excluding hydrogens is 425 g/mol. The molecule has 1 aromatic carbocycles. The van der Waals surface area contributed by atoms with E-state index in [4.69, 9.17) is 5.73 Å². The zero-order valence-corrected chi connectivity index (χ0v) is 18.9. The van der Waals surface area contributed by atoms with Crippen molar-refractivity contribution in [1.29, 1.82) is 0 Å². The van der Waals surface area contributed by atoms with Crippen LogP contribution in [-0.2, 0) is 14.4 Å². The average Bonchev–Trinajstić information content (AvgIpc) is 3.29. The predicted molar refractivity (Wildman–Crippen MR) is 123 cm³/mol. The number of nitrogens with two attached hydrogens (primary N) is 1. The molecule has 1 saturated heterocycles. The minimum atomic E-state index is -0.794. The molecule has 8 nitrogen and oxygen atoms in total. The summed E-state index contributed by atoms with van der Waals surface area (Å²) >= 11 is 0. The molecule has 1 saturated carbocycles. The quantitative estimate of drug-likeness (QED) is 0.708. The molecule has 2 heterocycles. The molecule has 33 heavy (non-hydrogen) atoms. The lowest BCUT2D eigenvalue weighted by molar-refractivity contribution is -0.136. The molecule has 1 aromatic rings. The molecule has 4 rings (SSSR count). The number of hydrazone groups is 1. The van der Waals surface area contributed by atoms with Crippen molar-refractivity contribution in [2.24, 2.45) is 16.8 Å². The summed E-state index contributed by atoms with van der Waals surface area (Å²) in [6.07, 6.45) is 7.98. The van der Waals surface area contributed by atoms with E-state index < -0.39 is 17.8 Å². The fourth-order valence-electron chi connectivity index (χ4n) is 5.00. The molecule has 0 radical (unpaired) electrons. The number of amides is 3. The lowest BCUT2D eigenvalue weighted by Gasteiger charge is -2.35. The molecule has 2 N–H and O–H groups in total. The van der Waals surface area contributed by atoms with E-state index in [2.05, 4.69) is 5.10 Å². The third-order valence-electron chi connectivity index (χ3n) is 6.99. The highest BCUT2D eigenvalue weighted by molar-refractivity contribution is 6.40. The number of nitrogens with zero attached hydrogens (tertiary/aromatic N) is 4. The van der Waals surface area contributed by atoms with E-state index in [0.717, 1.165) is 6.42 Å². The van der Waals surface area contributed by atoms with Gasteiger partial charge in [0.25, 0.3) is 5.91 Å². The number of piperazine rings is 1. The first-order valence-electron chi connectivity index (χ1n) is 11.9. The molecule has 178 valence electrons. The number of anilines is 1. The van der Waals surface area contributed by atoms with Crippen LogP contribution in [0.1, 0.15) is 51.4 Å². The summed E-state index contributed by atoms with van der Waals surface area (Å²) in [6, 6.07) is 4.75. The topological polar surface area (TPSA) is 99.3 Å². The maximum Gasteiger partial charge on any atom is 0.270 e. The molecule has 1 atom stereocenters. The van der Waals surface area contributed by atoms with Gasteiger partial charge in [-0.25, -0.2) is 4.39 Å². The Labute approximate surface area is 193 Å². The van der Waals surface area contributed by atoms with E-state index in [9.17, 15) is 18.8 Å². The number of carbonyl (C=O) groups excluding carboxylic acids is 3. The van der Waals surface area contributed by atoms with Crippen molar-refractivity contribution >= 4 is 29.1 Å². The fraction of sp³-hybridized carbons (Fsp3) is 0.583. The Morgan fingerprint density at radius 1 is 0.970 bits per heavy atom. The van der Waals surface area contributed by atoms with Crippen molar-refractivity contribution in [2.45, 2.75) is 57.4 Å². The molecular formula is C24H32FN5O3. The van der Waals surface area contributed by atoms with Crippen LogP contribution in [-0.4, -0.2) is 65.5 Å². The maximum absolute atomic E-state index is 13.3. The first kappa shape index (κ1) is 23.2. The number of benzene rings is 1. The van der Waals surface area contributed by atoms with Crippen molar-refractivity contribution in [1.82, 2.24) is 9.80 Å². The van der Waals surface area contributed by atoms with Crippen LogP contribution in [0.15, 0.2) is 29.4 Å². The minimum absolute atomic E-state index is 0.103. The van der Waals surface area contributed by atoms with E-state index in [1.807, 2.05) is 4.90 Å². The molecule has 0 spiro atoms. The van der Waals surface area contributed by atoms with E-state index in [0.29, 0.717) is 44.2 Å². The van der Waals surface area contributed by atoms with Gasteiger partial charge < -0.3 is 15.5 Å². The van der Waals surface area contributed by atoms with Gasteiger partial charge in [-0.2, -0.15) is 5.10 Å². The standard InChI is InChI=1S/C24H32FN5O3/c25-18-7-9-19(10-8-18)30-21(23(26)32)16-20(27-30)24(33)29-14-12-28(13-15-29)22(31)11-6-17-4-2-1-3-5-17/h7-10,17,21H,1-6,11-16H2,(H2,26,32). The summed E-state index contributed by atoms with van der Waals surface area (Å²) in [6.45, 7) is 1.88. The van der Waals surface area contributed by atoms with Gasteiger partial charge in [0, 0.05) is 39.0 Å². The highest BCUT2D eigenvalue weighted by Gasteiger charge is 2.37. The average molecular weight is 458 g/mol. The third-order valence-corrected chi connectivity index (χ3v) is 6.99. The summed E-state index contributed by atoms with van der Waals surface area (Å²) < 4.78 is 13.3. The van der Waals surface area contributed by atoms with Gasteiger partial charge in [0.2, 0.25) is 11.8 Å². The van der Waals surface area contributed by atoms with Gasteiger partial charge in [-0.3, -0.25) is 19.4 Å². The van der Waals surface area contributed by atoms with Crippen LogP contribution in [0.3, 0.4) is 0 Å². The zero-order valence-electron chi connectivity index (χ0n) is 18.9. The Balaban J connectivity index is 1.32. The number of halogens is 1. The van der Waals surface area contributed by atoms with Crippen LogP contribution >= 0.6 is 0 Å². The van der Waals surface area contributed by atoms with Crippen molar-refractivity contribution in [3.05, 3.63) is 30.1 Å². The van der Waals surface area contributed by atoms with Gasteiger partial charge in [0.05, 0.1) is 5.69 Å². The second-order valence-electron chi connectivity index (χ2n) is 9.21. The van der Waals surface area contributed by atoms with Crippen LogP contribution in [0.25, 0.3) is 0 Å². The van der Waals surface area contributed by atoms with Gasteiger partial charge in [0.15, 0.2) is 0 Å². The fourth-order valence-corrected chi connectivity index (χ4v) is 5.00. The van der Waals surface area contributed by atoms with Crippen LogP contribution in [0.2, 0.25) is 0 Å². The second-order valence-corrected chi connectivity index (χ2v) is 9.21. The highest BCUT2D eigenvalue weighted by Crippen LogP contribution is 2.28. The first-order valence-corrected chi connectivity index (χ1v) is 11.9. The lowest BCUT2D eigenvalue weighted by atomic mass is 9.86. The van der Waals surface area contributed by atoms with Gasteiger partial charge >= 0.3 is 0 Å². The number of carbonyl (C=O) groups is 3. The second kappa shape index (κ2) is 10.3. The predicted octanol–water partition coefficient (Wildman–Crippen LogP) is 2.28. The summed E-state index contributed by atoms with van der Waals surface area (Å²) in [7, 11) is 0. The molecule has 1 unspecified atom stereocenters. The molecule has 2 aliphatic heterocycles. The van der Waals surface area contributed by atoms with Crippen molar-refractivity contribution in [2.75, 3.05) is 31.2 Å². The minimum Gasteiger partial charge on any atom is -0.368 e. The van der Waals surface area contributed by atoms with Gasteiger partial charge in [-0.1, -0.05) is 32.1 Å². The Bertz CT molecular complexity index is 905. The molecule has 9 heteroatoms. The smallest absolute Gasteiger partial charge is 0.270 e. The zero-order chi connectivity index (χ0) is 23.4. The van der Waals surface area contributed by atoms with Crippen LogP contribution < -0.4 is 10.7 Å². The molecule has 3 aliphatic rings. The number of primary amides is 1. The summed E-state index contributed by atoms with van der Waals surface area (Å²) in [5.41, 5.74) is 6.28. The third kappa shape index (κ3) is 5.51. The largest absolute Gasteiger partial charge is 0.368 e. The SMILES string of the molecule is NC(=O)C1CC(C(=O)N2CCN(C(=O)CCC3CCCCC3)CC2)=NN1c1ccc(F)cc1. The van der Waals surface area contributed by atoms with Crippen molar-refractivity contribution in [3.8, 4) is 0 Å². The van der Waals surface area contributed by atoms with Gasteiger partial charge in [-0.05, 0) is 36.6 Å². The summed E-state index contributed by atoms with van der Waals surface area (Å²) in [5, 5.41) is 5.74. The maximum atomic E-state index is 13.3. The first-order chi connectivity index (χ1) is 15.9. The van der Waals surface area contributed by atoms with Crippen LogP contribution in [0, 0.1) is 11.7 Å². The van der Waals surface area contributed by atoms with E-state index in [-0.39, 0.29) is 23.9 Å². The molecule has 1 aliphatic carbocycles. The Hall–Kier alpha value is -2.97. The molecule has 0 aromatic heterocycles. The Morgan fingerprint density at radius 2 is 1.61 bits per heavy atom. The Morgan fingerprint density at radius 3 is 2.24 bits per heavy atom. The number of hydrogen-bond acceptors (Lipinski definition) is 5. The van der Waals surface area contributed by atoms with Gasteiger partial charge in [-0.15, -0.1) is 0 Å². The monoisotopic (exact) mass is 457 g/mol. The normalized spacial score (nSPS) is 21.8. The highest BCUT2D eigenvalue weighted by atomic mass is 19.1. The summed E-state index contributed by atoms with van der Waals surface area (Å²) in [5.74, 6) is -0.408. The van der Waals surface area contributed by atoms with Crippen LogP contribution in [0.4, 0.5) is 10.1 Å². The summed E-state index contributed by atoms with van der Waals surface area (Å²) in [4.78, 5) is 41.2. The van der Waals surface area contributed by atoms with E-state index in [1.54, 1.807) is 4.90 Å². The number of rotatable bonds is 6.